The number of rotatable bonds is 3. The Hall–Kier alpha value is -1.66. The van der Waals surface area contributed by atoms with Gasteiger partial charge < -0.3 is 5.32 Å². The summed E-state index contributed by atoms with van der Waals surface area (Å²) in [6.45, 7) is 1.86. The molecule has 5 nitrogen and oxygen atoms in total. The van der Waals surface area contributed by atoms with Crippen LogP contribution in [0.5, 0.6) is 0 Å². The molecule has 2 aromatic heterocycles. The lowest BCUT2D eigenvalue weighted by Crippen LogP contribution is -2.16. The van der Waals surface area contributed by atoms with Crippen LogP contribution in [0.15, 0.2) is 29.7 Å². The monoisotopic (exact) mass is 294 g/mol. The van der Waals surface area contributed by atoms with Gasteiger partial charge in [-0.15, -0.1) is 0 Å². The number of hydrogen-bond donors (Lipinski definition) is 1. The van der Waals surface area contributed by atoms with E-state index in [-0.39, 0.29) is 10.7 Å². The third-order valence-corrected chi connectivity index (χ3v) is 3.20. The van der Waals surface area contributed by atoms with Crippen molar-refractivity contribution in [2.45, 2.75) is 12.1 Å². The van der Waals surface area contributed by atoms with E-state index in [1.165, 1.54) is 18.0 Å². The molecule has 1 amide bonds. The van der Waals surface area contributed by atoms with Crippen LogP contribution >= 0.6 is 23.4 Å². The summed E-state index contributed by atoms with van der Waals surface area (Å²) >= 11 is 7.28. The number of anilines is 1. The fourth-order valence-electron chi connectivity index (χ4n) is 1.39. The van der Waals surface area contributed by atoms with Gasteiger partial charge >= 0.3 is 0 Å². The Kier molecular flexibility index (Phi) is 4.34. The van der Waals surface area contributed by atoms with Gasteiger partial charge in [0.15, 0.2) is 10.9 Å². The molecule has 0 spiro atoms. The molecule has 0 fully saturated rings. The van der Waals surface area contributed by atoms with E-state index in [0.717, 1.165) is 5.56 Å². The van der Waals surface area contributed by atoms with Crippen LogP contribution in [0.2, 0.25) is 5.02 Å². The molecule has 1 N–H and O–H groups in total. The van der Waals surface area contributed by atoms with E-state index < -0.39 is 5.91 Å². The summed E-state index contributed by atoms with van der Waals surface area (Å²) in [7, 11) is 0. The first kappa shape index (κ1) is 13.8. The summed E-state index contributed by atoms with van der Waals surface area (Å²) in [6, 6.07) is 3.66. The summed E-state index contributed by atoms with van der Waals surface area (Å²) in [5.41, 5.74) is 1.01. The smallest absolute Gasteiger partial charge is 0.277 e. The third kappa shape index (κ3) is 3.21. The van der Waals surface area contributed by atoms with E-state index in [2.05, 4.69) is 20.3 Å². The van der Waals surface area contributed by atoms with Crippen molar-refractivity contribution in [3.8, 4) is 0 Å². The maximum Gasteiger partial charge on any atom is 0.277 e. The molecule has 7 heteroatoms. The topological polar surface area (TPSA) is 67.8 Å². The summed E-state index contributed by atoms with van der Waals surface area (Å²) in [5, 5.41) is 3.39. The Morgan fingerprint density at radius 1 is 1.42 bits per heavy atom. The highest BCUT2D eigenvalue weighted by molar-refractivity contribution is 7.98. The molecular formula is C12H11ClN4OS. The van der Waals surface area contributed by atoms with Gasteiger partial charge in [0.05, 0.1) is 11.2 Å². The third-order valence-electron chi connectivity index (χ3n) is 2.36. The fourth-order valence-corrected chi connectivity index (χ4v) is 1.91. The van der Waals surface area contributed by atoms with Crippen molar-refractivity contribution in [2.24, 2.45) is 0 Å². The first-order valence-electron chi connectivity index (χ1n) is 5.41. The molecule has 0 aliphatic heterocycles. The van der Waals surface area contributed by atoms with Crippen LogP contribution in [-0.4, -0.2) is 27.1 Å². The molecule has 0 saturated carbocycles. The van der Waals surface area contributed by atoms with Crippen LogP contribution in [0.3, 0.4) is 0 Å². The minimum Gasteiger partial charge on any atom is -0.305 e. The largest absolute Gasteiger partial charge is 0.305 e. The maximum absolute atomic E-state index is 12.1. The number of nitrogens with zero attached hydrogens (tertiary/aromatic N) is 3. The first-order chi connectivity index (χ1) is 9.11. The Morgan fingerprint density at radius 2 is 2.21 bits per heavy atom. The van der Waals surface area contributed by atoms with Gasteiger partial charge in [-0.3, -0.25) is 4.79 Å². The number of aryl methyl sites for hydroxylation is 1. The van der Waals surface area contributed by atoms with E-state index in [1.807, 2.05) is 19.2 Å². The molecule has 0 radical (unpaired) electrons. The van der Waals surface area contributed by atoms with Crippen molar-refractivity contribution in [3.63, 3.8) is 0 Å². The molecular weight excluding hydrogens is 284 g/mol. The lowest BCUT2D eigenvalue weighted by molar-refractivity contribution is 0.102. The second-order valence-corrected chi connectivity index (χ2v) is 4.86. The van der Waals surface area contributed by atoms with E-state index in [0.29, 0.717) is 11.0 Å². The number of halogens is 1. The predicted molar refractivity (Wildman–Crippen MR) is 75.8 cm³/mol. The van der Waals surface area contributed by atoms with Gasteiger partial charge in [-0.2, -0.15) is 0 Å². The summed E-state index contributed by atoms with van der Waals surface area (Å²) in [4.78, 5) is 24.3. The van der Waals surface area contributed by atoms with Crippen molar-refractivity contribution in [1.29, 1.82) is 0 Å². The van der Waals surface area contributed by atoms with Gasteiger partial charge in [0.2, 0.25) is 0 Å². The van der Waals surface area contributed by atoms with E-state index >= 15 is 0 Å². The second kappa shape index (κ2) is 5.99. The lowest BCUT2D eigenvalue weighted by atomic mass is 10.3. The number of carbonyl (C=O) groups is 1. The Morgan fingerprint density at radius 3 is 2.89 bits per heavy atom. The van der Waals surface area contributed by atoms with E-state index in [9.17, 15) is 4.79 Å². The number of nitrogens with one attached hydrogen (secondary N) is 1. The molecule has 0 atom stereocenters. The highest BCUT2D eigenvalue weighted by Crippen LogP contribution is 2.18. The van der Waals surface area contributed by atoms with Gasteiger partial charge in [0.1, 0.15) is 5.82 Å². The second-order valence-electron chi connectivity index (χ2n) is 3.68. The average Bonchev–Trinajstić information content (AvgIpc) is 2.42. The Labute approximate surface area is 119 Å². The molecule has 19 heavy (non-hydrogen) atoms. The molecule has 0 aromatic carbocycles. The molecule has 0 aliphatic carbocycles. The Balaban J connectivity index is 2.28. The zero-order valence-corrected chi connectivity index (χ0v) is 11.9. The number of thioether (sulfide) groups is 1. The average molecular weight is 295 g/mol. The van der Waals surface area contributed by atoms with E-state index in [1.54, 1.807) is 12.3 Å². The fraction of sp³-hybridized carbons (Fsp3) is 0.167. The van der Waals surface area contributed by atoms with Crippen molar-refractivity contribution in [1.82, 2.24) is 15.0 Å². The number of pyridine rings is 1. The highest BCUT2D eigenvalue weighted by Gasteiger charge is 2.15. The number of carbonyl (C=O) groups excluding carboxylic acids is 1. The van der Waals surface area contributed by atoms with Crippen LogP contribution in [0.4, 0.5) is 5.82 Å². The number of aromatic nitrogens is 3. The van der Waals surface area contributed by atoms with Crippen molar-refractivity contribution in [2.75, 3.05) is 11.6 Å². The standard InChI is InChI=1S/C12H11ClN4OS/c1-7-4-3-5-14-10(7)17-11(18)9-8(13)6-15-12(16-9)19-2/h3-6H,1-2H3,(H,14,17,18). The summed E-state index contributed by atoms with van der Waals surface area (Å²) < 4.78 is 0. The van der Waals surface area contributed by atoms with Gasteiger partial charge in [-0.05, 0) is 24.8 Å². The van der Waals surface area contributed by atoms with Crippen LogP contribution in [0, 0.1) is 6.92 Å². The van der Waals surface area contributed by atoms with E-state index in [4.69, 9.17) is 11.6 Å². The first-order valence-corrected chi connectivity index (χ1v) is 7.01. The van der Waals surface area contributed by atoms with Crippen molar-refractivity contribution in [3.05, 3.63) is 40.8 Å². The molecule has 0 bridgehead atoms. The molecule has 0 unspecified atom stereocenters. The van der Waals surface area contributed by atoms with Crippen LogP contribution in [-0.2, 0) is 0 Å². The molecule has 0 aliphatic rings. The highest BCUT2D eigenvalue weighted by atomic mass is 35.5. The number of hydrogen-bond acceptors (Lipinski definition) is 5. The molecule has 0 saturated heterocycles. The van der Waals surface area contributed by atoms with Crippen LogP contribution in [0.1, 0.15) is 16.1 Å². The molecule has 2 heterocycles. The number of amides is 1. The zero-order valence-electron chi connectivity index (χ0n) is 10.3. The summed E-state index contributed by atoms with van der Waals surface area (Å²) in [6.07, 6.45) is 4.85. The maximum atomic E-state index is 12.1. The van der Waals surface area contributed by atoms with Gasteiger partial charge in [0, 0.05) is 6.20 Å². The summed E-state index contributed by atoms with van der Waals surface area (Å²) in [5.74, 6) is 0.0948. The predicted octanol–water partition coefficient (Wildman–Crippen LogP) is 2.81. The molecule has 2 rings (SSSR count). The molecule has 2 aromatic rings. The van der Waals surface area contributed by atoms with Crippen LogP contribution < -0.4 is 5.32 Å². The minimum absolute atomic E-state index is 0.145. The quantitative estimate of drug-likeness (QED) is 0.696. The zero-order chi connectivity index (χ0) is 13.8. The van der Waals surface area contributed by atoms with Crippen LogP contribution in [0.25, 0.3) is 0 Å². The lowest BCUT2D eigenvalue weighted by Gasteiger charge is -2.07. The van der Waals surface area contributed by atoms with Gasteiger partial charge in [0.25, 0.3) is 5.91 Å². The normalized spacial score (nSPS) is 10.3. The molecule has 98 valence electrons. The van der Waals surface area contributed by atoms with Gasteiger partial charge in [-0.25, -0.2) is 15.0 Å². The van der Waals surface area contributed by atoms with Crippen molar-refractivity contribution >= 4 is 35.1 Å². The minimum atomic E-state index is -0.399. The SMILES string of the molecule is CSc1ncc(Cl)c(C(=O)Nc2ncccc2C)n1. The van der Waals surface area contributed by atoms with Gasteiger partial charge in [-0.1, -0.05) is 29.4 Å². The van der Waals surface area contributed by atoms with Crippen molar-refractivity contribution < 1.29 is 4.79 Å². The Bertz CT molecular complexity index is 620.